The van der Waals surface area contributed by atoms with E-state index in [0.717, 1.165) is 27.8 Å². The lowest BCUT2D eigenvalue weighted by atomic mass is 10.2. The Kier molecular flexibility index (Phi) is 4.32. The minimum atomic E-state index is -2.93. The number of fused-ring (bicyclic) bond motifs is 1. The van der Waals surface area contributed by atoms with Crippen LogP contribution in [0.5, 0.6) is 11.5 Å². The zero-order chi connectivity index (χ0) is 15.6. The maximum absolute atomic E-state index is 11.0. The first kappa shape index (κ1) is 15.3. The Balaban J connectivity index is 1.61. The molecule has 6 nitrogen and oxygen atoms in total. The Morgan fingerprint density at radius 3 is 2.95 bits per heavy atom. The molecule has 0 bridgehead atoms. The third-order valence-corrected chi connectivity index (χ3v) is 5.01. The first-order valence-electron chi connectivity index (χ1n) is 6.74. The Labute approximate surface area is 133 Å². The van der Waals surface area contributed by atoms with Gasteiger partial charge in [-0.2, -0.15) is 0 Å². The number of hydrogen-bond donors (Lipinski definition) is 1. The van der Waals surface area contributed by atoms with Crippen LogP contribution in [0.4, 0.5) is 0 Å². The van der Waals surface area contributed by atoms with Crippen molar-refractivity contribution in [3.8, 4) is 22.1 Å². The summed E-state index contributed by atoms with van der Waals surface area (Å²) in [6.45, 7) is 1.23. The lowest BCUT2D eigenvalue weighted by molar-refractivity contribution is 0.174. The fourth-order valence-corrected chi connectivity index (χ4v) is 3.36. The number of sulfone groups is 1. The Bertz CT molecular complexity index is 771. The number of rotatable bonds is 6. The van der Waals surface area contributed by atoms with Crippen molar-refractivity contribution < 1.29 is 17.9 Å². The van der Waals surface area contributed by atoms with Crippen LogP contribution in [-0.4, -0.2) is 38.7 Å². The summed E-state index contributed by atoms with van der Waals surface area (Å²) in [6, 6.07) is 5.75. The molecule has 0 saturated heterocycles. The van der Waals surface area contributed by atoms with E-state index in [4.69, 9.17) is 9.47 Å². The fraction of sp³-hybridized carbons (Fsp3) is 0.357. The Morgan fingerprint density at radius 1 is 1.32 bits per heavy atom. The van der Waals surface area contributed by atoms with Gasteiger partial charge in [-0.3, -0.25) is 0 Å². The molecule has 1 aromatic carbocycles. The molecule has 1 aromatic heterocycles. The van der Waals surface area contributed by atoms with E-state index in [1.54, 1.807) is 11.3 Å². The van der Waals surface area contributed by atoms with Crippen LogP contribution in [-0.2, 0) is 16.4 Å². The predicted molar refractivity (Wildman–Crippen MR) is 85.1 cm³/mol. The van der Waals surface area contributed by atoms with Gasteiger partial charge in [-0.25, -0.2) is 13.4 Å². The van der Waals surface area contributed by atoms with Gasteiger partial charge in [0.05, 0.1) is 11.4 Å². The normalized spacial score (nSPS) is 13.5. The molecule has 0 aliphatic carbocycles. The molecule has 118 valence electrons. The summed E-state index contributed by atoms with van der Waals surface area (Å²) >= 11 is 1.55. The van der Waals surface area contributed by atoms with Crippen molar-refractivity contribution in [2.45, 2.75) is 6.54 Å². The summed E-state index contributed by atoms with van der Waals surface area (Å²) in [6.07, 6.45) is 1.23. The van der Waals surface area contributed by atoms with Crippen LogP contribution in [0.2, 0.25) is 0 Å². The highest BCUT2D eigenvalue weighted by Gasteiger charge is 2.15. The molecular formula is C14H16N2O4S2. The molecule has 0 spiro atoms. The highest BCUT2D eigenvalue weighted by atomic mass is 32.2. The molecule has 0 saturated carbocycles. The second-order valence-corrected chi connectivity index (χ2v) is 8.14. The van der Waals surface area contributed by atoms with Crippen molar-refractivity contribution in [3.63, 3.8) is 0 Å². The monoisotopic (exact) mass is 340 g/mol. The van der Waals surface area contributed by atoms with Crippen LogP contribution in [0, 0.1) is 0 Å². The van der Waals surface area contributed by atoms with Crippen molar-refractivity contribution >= 4 is 21.2 Å². The van der Waals surface area contributed by atoms with Crippen molar-refractivity contribution in [2.75, 3.05) is 25.3 Å². The third kappa shape index (κ3) is 3.76. The molecule has 1 aliphatic rings. The van der Waals surface area contributed by atoms with Crippen LogP contribution in [0.15, 0.2) is 23.6 Å². The van der Waals surface area contributed by atoms with Crippen LogP contribution in [0.1, 0.15) is 5.69 Å². The summed E-state index contributed by atoms with van der Waals surface area (Å²) in [7, 11) is -2.93. The number of thiazole rings is 1. The van der Waals surface area contributed by atoms with Gasteiger partial charge >= 0.3 is 0 Å². The number of nitrogens with zero attached hydrogens (tertiary/aromatic N) is 1. The fourth-order valence-electron chi connectivity index (χ4n) is 2.02. The van der Waals surface area contributed by atoms with Gasteiger partial charge in [0.1, 0.15) is 14.8 Å². The quantitative estimate of drug-likeness (QED) is 0.806. The van der Waals surface area contributed by atoms with Crippen LogP contribution < -0.4 is 14.8 Å². The van der Waals surface area contributed by atoms with Crippen molar-refractivity contribution in [1.82, 2.24) is 10.3 Å². The molecular weight excluding hydrogens is 324 g/mol. The number of benzene rings is 1. The molecule has 8 heteroatoms. The SMILES string of the molecule is CS(=O)(=O)CCNCc1csc(-c2ccc3c(c2)OCO3)n1. The highest BCUT2D eigenvalue weighted by molar-refractivity contribution is 7.90. The van der Waals surface area contributed by atoms with Crippen molar-refractivity contribution in [2.24, 2.45) is 0 Å². The first-order chi connectivity index (χ1) is 10.5. The molecule has 0 amide bonds. The van der Waals surface area contributed by atoms with E-state index in [-0.39, 0.29) is 12.5 Å². The average Bonchev–Trinajstić information content (AvgIpc) is 3.10. The molecule has 0 radical (unpaired) electrons. The summed E-state index contributed by atoms with van der Waals surface area (Å²) in [5, 5.41) is 5.95. The zero-order valence-corrected chi connectivity index (χ0v) is 13.7. The molecule has 1 aliphatic heterocycles. The zero-order valence-electron chi connectivity index (χ0n) is 12.0. The van der Waals surface area contributed by atoms with Crippen molar-refractivity contribution in [1.29, 1.82) is 0 Å². The van der Waals surface area contributed by atoms with Gasteiger partial charge in [0, 0.05) is 30.3 Å². The minimum absolute atomic E-state index is 0.131. The molecule has 0 atom stereocenters. The number of nitrogens with one attached hydrogen (secondary N) is 1. The van der Waals surface area contributed by atoms with E-state index >= 15 is 0 Å². The van der Waals surface area contributed by atoms with Gasteiger partial charge in [0.2, 0.25) is 6.79 Å². The maximum atomic E-state index is 11.0. The second-order valence-electron chi connectivity index (χ2n) is 5.02. The molecule has 1 N–H and O–H groups in total. The average molecular weight is 340 g/mol. The predicted octanol–water partition coefficient (Wildman–Crippen LogP) is 1.67. The molecule has 3 rings (SSSR count). The third-order valence-electron chi connectivity index (χ3n) is 3.13. The topological polar surface area (TPSA) is 77.5 Å². The van der Waals surface area contributed by atoms with E-state index in [2.05, 4.69) is 10.3 Å². The van der Waals surface area contributed by atoms with E-state index < -0.39 is 9.84 Å². The molecule has 2 aromatic rings. The molecule has 2 heterocycles. The minimum Gasteiger partial charge on any atom is -0.454 e. The number of ether oxygens (including phenoxy) is 2. The Morgan fingerprint density at radius 2 is 2.14 bits per heavy atom. The maximum Gasteiger partial charge on any atom is 0.231 e. The molecule has 0 unspecified atom stereocenters. The molecule has 0 fully saturated rings. The van der Waals surface area contributed by atoms with E-state index in [1.165, 1.54) is 6.26 Å². The van der Waals surface area contributed by atoms with Gasteiger partial charge in [0.25, 0.3) is 0 Å². The van der Waals surface area contributed by atoms with E-state index in [9.17, 15) is 8.42 Å². The largest absolute Gasteiger partial charge is 0.454 e. The summed E-state index contributed by atoms with van der Waals surface area (Å²) in [5.41, 5.74) is 1.88. The second kappa shape index (κ2) is 6.23. The lowest BCUT2D eigenvalue weighted by Gasteiger charge is -2.01. The van der Waals surface area contributed by atoms with E-state index in [0.29, 0.717) is 13.1 Å². The summed E-state index contributed by atoms with van der Waals surface area (Å²) in [4.78, 5) is 4.55. The van der Waals surface area contributed by atoms with Gasteiger partial charge in [-0.1, -0.05) is 0 Å². The number of hydrogen-bond acceptors (Lipinski definition) is 7. The van der Waals surface area contributed by atoms with Gasteiger partial charge in [-0.15, -0.1) is 11.3 Å². The summed E-state index contributed by atoms with van der Waals surface area (Å²) in [5.74, 6) is 1.62. The molecule has 22 heavy (non-hydrogen) atoms. The number of aromatic nitrogens is 1. The summed E-state index contributed by atoms with van der Waals surface area (Å²) < 4.78 is 32.8. The van der Waals surface area contributed by atoms with Crippen LogP contribution in [0.25, 0.3) is 10.6 Å². The van der Waals surface area contributed by atoms with Crippen LogP contribution >= 0.6 is 11.3 Å². The standard InChI is InChI=1S/C14H16N2O4S2/c1-22(17,18)5-4-15-7-11-8-21-14(16-11)10-2-3-12-13(6-10)20-9-19-12/h2-3,6,8,15H,4-5,7,9H2,1H3. The Hall–Kier alpha value is -1.64. The van der Waals surface area contributed by atoms with E-state index in [1.807, 2.05) is 23.6 Å². The van der Waals surface area contributed by atoms with Gasteiger partial charge < -0.3 is 14.8 Å². The highest BCUT2D eigenvalue weighted by Crippen LogP contribution is 2.36. The smallest absolute Gasteiger partial charge is 0.231 e. The van der Waals surface area contributed by atoms with Crippen molar-refractivity contribution in [3.05, 3.63) is 29.3 Å². The first-order valence-corrected chi connectivity index (χ1v) is 9.68. The van der Waals surface area contributed by atoms with Gasteiger partial charge in [-0.05, 0) is 18.2 Å². The van der Waals surface area contributed by atoms with Crippen LogP contribution in [0.3, 0.4) is 0 Å². The van der Waals surface area contributed by atoms with Gasteiger partial charge in [0.15, 0.2) is 11.5 Å². The lowest BCUT2D eigenvalue weighted by Crippen LogP contribution is -2.22.